The van der Waals surface area contributed by atoms with Crippen LogP contribution in [0.3, 0.4) is 0 Å². The first-order valence-corrected chi connectivity index (χ1v) is 8.53. The van der Waals surface area contributed by atoms with Gasteiger partial charge in [-0.25, -0.2) is 15.0 Å². The van der Waals surface area contributed by atoms with Crippen molar-refractivity contribution >= 4 is 11.7 Å². The average molecular weight is 323 g/mol. The molecule has 2 fully saturated rings. The van der Waals surface area contributed by atoms with Gasteiger partial charge in [-0.2, -0.15) is 0 Å². The van der Waals surface area contributed by atoms with Gasteiger partial charge >= 0.3 is 0 Å². The van der Waals surface area contributed by atoms with Crippen molar-refractivity contribution in [2.45, 2.75) is 37.6 Å². The molecule has 0 spiro atoms. The summed E-state index contributed by atoms with van der Waals surface area (Å²) in [5, 5.41) is 3.05. The minimum absolute atomic E-state index is 0.0164. The summed E-state index contributed by atoms with van der Waals surface area (Å²) in [6.45, 7) is 0.769. The number of rotatable bonds is 4. The van der Waals surface area contributed by atoms with E-state index < -0.39 is 0 Å². The molecule has 0 radical (unpaired) electrons. The third-order valence-corrected chi connectivity index (χ3v) is 4.80. The number of pyridine rings is 1. The molecular weight excluding hydrogens is 302 g/mol. The Hall–Kier alpha value is -2.50. The zero-order chi connectivity index (χ0) is 16.5. The van der Waals surface area contributed by atoms with E-state index in [1.165, 1.54) is 0 Å². The Bertz CT molecular complexity index is 741. The molecule has 0 bridgehead atoms. The topological polar surface area (TPSA) is 71.0 Å². The van der Waals surface area contributed by atoms with Crippen LogP contribution in [-0.2, 0) is 0 Å². The summed E-state index contributed by atoms with van der Waals surface area (Å²) in [7, 11) is 1.85. The van der Waals surface area contributed by atoms with Gasteiger partial charge in [-0.15, -0.1) is 0 Å². The third-order valence-electron chi connectivity index (χ3n) is 4.80. The summed E-state index contributed by atoms with van der Waals surface area (Å²) in [5.41, 5.74) is 1.70. The Kier molecular flexibility index (Phi) is 3.88. The SMILES string of the molecule is CNc1cc([C@@H]2CCCN2C(=O)c2cnc(C3CC3)nc2)ccn1. The number of carbonyl (C=O) groups excluding carboxylic acids is 1. The first-order chi connectivity index (χ1) is 11.8. The molecule has 1 atom stereocenters. The van der Waals surface area contributed by atoms with Gasteiger partial charge in [0.2, 0.25) is 0 Å². The normalized spacial score (nSPS) is 20.2. The molecule has 1 aliphatic carbocycles. The zero-order valence-corrected chi connectivity index (χ0v) is 13.8. The van der Waals surface area contributed by atoms with E-state index in [1.807, 2.05) is 24.1 Å². The number of nitrogens with zero attached hydrogens (tertiary/aromatic N) is 4. The number of hydrogen-bond donors (Lipinski definition) is 1. The Morgan fingerprint density at radius 3 is 2.71 bits per heavy atom. The molecule has 6 nitrogen and oxygen atoms in total. The van der Waals surface area contributed by atoms with Crippen LogP contribution in [-0.4, -0.2) is 39.4 Å². The monoisotopic (exact) mass is 323 g/mol. The summed E-state index contributed by atoms with van der Waals surface area (Å²) in [4.78, 5) is 27.8. The van der Waals surface area contributed by atoms with E-state index in [-0.39, 0.29) is 11.9 Å². The van der Waals surface area contributed by atoms with Crippen LogP contribution in [0.4, 0.5) is 5.82 Å². The highest BCUT2D eigenvalue weighted by atomic mass is 16.2. The highest BCUT2D eigenvalue weighted by Crippen LogP contribution is 2.38. The van der Waals surface area contributed by atoms with Gasteiger partial charge in [0, 0.05) is 38.1 Å². The van der Waals surface area contributed by atoms with Crippen LogP contribution in [0.5, 0.6) is 0 Å². The molecule has 2 aromatic rings. The Labute approximate surface area is 141 Å². The van der Waals surface area contributed by atoms with E-state index in [4.69, 9.17) is 0 Å². The molecule has 1 aliphatic heterocycles. The van der Waals surface area contributed by atoms with Gasteiger partial charge in [0.25, 0.3) is 5.91 Å². The number of anilines is 1. The molecule has 1 amide bonds. The van der Waals surface area contributed by atoms with Crippen molar-refractivity contribution < 1.29 is 4.79 Å². The van der Waals surface area contributed by atoms with Crippen molar-refractivity contribution in [3.63, 3.8) is 0 Å². The summed E-state index contributed by atoms with van der Waals surface area (Å²) >= 11 is 0. The molecule has 124 valence electrons. The highest BCUT2D eigenvalue weighted by Gasteiger charge is 2.32. The summed E-state index contributed by atoms with van der Waals surface area (Å²) < 4.78 is 0. The van der Waals surface area contributed by atoms with Gasteiger partial charge in [0.05, 0.1) is 11.6 Å². The number of amides is 1. The number of likely N-dealkylation sites (tertiary alicyclic amines) is 1. The fourth-order valence-electron chi connectivity index (χ4n) is 3.31. The lowest BCUT2D eigenvalue weighted by molar-refractivity contribution is 0.0734. The number of hydrogen-bond acceptors (Lipinski definition) is 5. The maximum atomic E-state index is 12.9. The minimum atomic E-state index is 0.0164. The van der Waals surface area contributed by atoms with Crippen molar-refractivity contribution in [1.29, 1.82) is 0 Å². The zero-order valence-electron chi connectivity index (χ0n) is 13.8. The smallest absolute Gasteiger partial charge is 0.257 e. The second-order valence-electron chi connectivity index (χ2n) is 6.49. The van der Waals surface area contributed by atoms with Gasteiger partial charge < -0.3 is 10.2 Å². The molecule has 0 unspecified atom stereocenters. The fourth-order valence-corrected chi connectivity index (χ4v) is 3.31. The highest BCUT2D eigenvalue weighted by molar-refractivity contribution is 5.94. The molecule has 1 saturated carbocycles. The van der Waals surface area contributed by atoms with E-state index in [0.29, 0.717) is 11.5 Å². The van der Waals surface area contributed by atoms with E-state index >= 15 is 0 Å². The van der Waals surface area contributed by atoms with Crippen molar-refractivity contribution in [3.8, 4) is 0 Å². The first-order valence-electron chi connectivity index (χ1n) is 8.53. The van der Waals surface area contributed by atoms with Crippen molar-refractivity contribution in [2.75, 3.05) is 18.9 Å². The molecule has 24 heavy (non-hydrogen) atoms. The van der Waals surface area contributed by atoms with Crippen molar-refractivity contribution in [2.24, 2.45) is 0 Å². The van der Waals surface area contributed by atoms with E-state index in [1.54, 1.807) is 18.6 Å². The van der Waals surface area contributed by atoms with Crippen LogP contribution in [0, 0.1) is 0 Å². The fraction of sp³-hybridized carbons (Fsp3) is 0.444. The Balaban J connectivity index is 1.55. The maximum absolute atomic E-state index is 12.9. The molecule has 1 N–H and O–H groups in total. The summed E-state index contributed by atoms with van der Waals surface area (Å²) in [6.07, 6.45) is 9.47. The number of nitrogens with one attached hydrogen (secondary N) is 1. The number of carbonyl (C=O) groups is 1. The largest absolute Gasteiger partial charge is 0.373 e. The molecule has 3 heterocycles. The quantitative estimate of drug-likeness (QED) is 0.937. The molecule has 1 saturated heterocycles. The van der Waals surface area contributed by atoms with Crippen molar-refractivity contribution in [3.05, 3.63) is 47.7 Å². The van der Waals surface area contributed by atoms with E-state index in [0.717, 1.165) is 49.4 Å². The van der Waals surface area contributed by atoms with E-state index in [2.05, 4.69) is 20.3 Å². The van der Waals surface area contributed by atoms with Gasteiger partial charge in [0.1, 0.15) is 11.6 Å². The maximum Gasteiger partial charge on any atom is 0.257 e. The predicted octanol–water partition coefficient (Wildman–Crippen LogP) is 2.77. The van der Waals surface area contributed by atoms with Crippen LogP contribution in [0.25, 0.3) is 0 Å². The minimum Gasteiger partial charge on any atom is -0.373 e. The average Bonchev–Trinajstić information content (AvgIpc) is 3.38. The first kappa shape index (κ1) is 15.1. The summed E-state index contributed by atoms with van der Waals surface area (Å²) in [5.74, 6) is 2.22. The second kappa shape index (κ2) is 6.19. The van der Waals surface area contributed by atoms with Crippen LogP contribution >= 0.6 is 0 Å². The predicted molar refractivity (Wildman–Crippen MR) is 90.8 cm³/mol. The molecule has 6 heteroatoms. The lowest BCUT2D eigenvalue weighted by atomic mass is 10.1. The summed E-state index contributed by atoms with van der Waals surface area (Å²) in [6, 6.07) is 4.10. The molecule has 4 rings (SSSR count). The lowest BCUT2D eigenvalue weighted by Crippen LogP contribution is -2.30. The van der Waals surface area contributed by atoms with Crippen LogP contribution < -0.4 is 5.32 Å². The van der Waals surface area contributed by atoms with Crippen LogP contribution in [0.1, 0.15) is 59.4 Å². The van der Waals surface area contributed by atoms with Crippen molar-refractivity contribution in [1.82, 2.24) is 19.9 Å². The Morgan fingerprint density at radius 2 is 2.00 bits per heavy atom. The van der Waals surface area contributed by atoms with Gasteiger partial charge in [-0.1, -0.05) is 0 Å². The molecule has 2 aliphatic rings. The molecular formula is C18H21N5O. The number of aromatic nitrogens is 3. The third kappa shape index (κ3) is 2.84. The molecule has 2 aromatic heterocycles. The van der Waals surface area contributed by atoms with Gasteiger partial charge in [-0.05, 0) is 43.4 Å². The van der Waals surface area contributed by atoms with E-state index in [9.17, 15) is 4.79 Å². The van der Waals surface area contributed by atoms with Gasteiger partial charge in [0.15, 0.2) is 0 Å². The van der Waals surface area contributed by atoms with Crippen LogP contribution in [0.2, 0.25) is 0 Å². The standard InChI is InChI=1S/C18H21N5O/c1-19-16-9-13(6-7-20-16)15-3-2-8-23(15)18(24)14-10-21-17(22-11-14)12-4-5-12/h6-7,9-12,15H,2-5,8H2,1H3,(H,19,20)/t15-/m0/s1. The lowest BCUT2D eigenvalue weighted by Gasteiger charge is -2.25. The van der Waals surface area contributed by atoms with Gasteiger partial charge in [-0.3, -0.25) is 4.79 Å². The molecule has 0 aromatic carbocycles. The second-order valence-corrected chi connectivity index (χ2v) is 6.49. The Morgan fingerprint density at radius 1 is 1.21 bits per heavy atom. The van der Waals surface area contributed by atoms with Crippen LogP contribution in [0.15, 0.2) is 30.7 Å².